The lowest BCUT2D eigenvalue weighted by molar-refractivity contribution is -0.136. The van der Waals surface area contributed by atoms with Gasteiger partial charge in [-0.05, 0) is 52.1 Å². The predicted molar refractivity (Wildman–Crippen MR) is 127 cm³/mol. The number of benzene rings is 1. The van der Waals surface area contributed by atoms with Gasteiger partial charge in [-0.3, -0.25) is 4.79 Å². The minimum absolute atomic E-state index is 0.00221. The second-order valence-electron chi connectivity index (χ2n) is 7.41. The van der Waals surface area contributed by atoms with Crippen molar-refractivity contribution in [1.82, 2.24) is 0 Å². The number of fused-ring (bicyclic) bond motifs is 4. The van der Waals surface area contributed by atoms with E-state index in [0.29, 0.717) is 49.4 Å². The lowest BCUT2D eigenvalue weighted by atomic mass is 9.56. The molecule has 0 bridgehead atoms. The average molecular weight is 540 g/mol. The van der Waals surface area contributed by atoms with Crippen LogP contribution in [-0.2, 0) is 19.5 Å². The van der Waals surface area contributed by atoms with Crippen LogP contribution in [-0.4, -0.2) is 32.1 Å². The SMILES string of the molecule is CC.COc1c(C#CCOPI)ccc2c1C(=O)CC1C3=C(CCC21C)C(=O)OC3. The molecule has 0 saturated heterocycles. The number of carbonyl (C=O) groups excluding carboxylic acids is 2. The first-order chi connectivity index (χ1) is 14.5. The first kappa shape index (κ1) is 23.2. The zero-order valence-electron chi connectivity index (χ0n) is 17.7. The molecule has 3 atom stereocenters. The Morgan fingerprint density at radius 3 is 2.80 bits per heavy atom. The summed E-state index contributed by atoms with van der Waals surface area (Å²) in [5, 5.41) is 0. The Labute approximate surface area is 192 Å². The fourth-order valence-corrected chi connectivity index (χ4v) is 5.36. The second-order valence-corrected chi connectivity index (χ2v) is 9.18. The van der Waals surface area contributed by atoms with E-state index in [-0.39, 0.29) is 23.1 Å². The molecule has 3 aliphatic rings. The molecular formula is C23H26IO5P. The molecule has 160 valence electrons. The third-order valence-corrected chi connectivity index (χ3v) is 7.33. The maximum absolute atomic E-state index is 13.2. The molecule has 0 N–H and O–H groups in total. The number of hydrogen-bond acceptors (Lipinski definition) is 5. The fourth-order valence-electron chi connectivity index (χ4n) is 4.76. The van der Waals surface area contributed by atoms with Gasteiger partial charge in [0.15, 0.2) is 5.78 Å². The van der Waals surface area contributed by atoms with Crippen molar-refractivity contribution < 1.29 is 23.6 Å². The van der Waals surface area contributed by atoms with Gasteiger partial charge in [0, 0.05) is 23.3 Å². The van der Waals surface area contributed by atoms with Crippen molar-refractivity contribution in [3.8, 4) is 17.6 Å². The van der Waals surface area contributed by atoms with Crippen LogP contribution in [0.1, 0.15) is 61.5 Å². The molecule has 2 aliphatic carbocycles. The maximum Gasteiger partial charge on any atom is 0.334 e. The van der Waals surface area contributed by atoms with Crippen LogP contribution >= 0.6 is 28.5 Å². The summed E-state index contributed by atoms with van der Waals surface area (Å²) in [6, 6.07) is 3.94. The summed E-state index contributed by atoms with van der Waals surface area (Å²) in [5.74, 6) is 6.42. The number of rotatable bonds is 3. The summed E-state index contributed by atoms with van der Waals surface area (Å²) in [4.78, 5) is 25.2. The largest absolute Gasteiger partial charge is 0.495 e. The van der Waals surface area contributed by atoms with Crippen molar-refractivity contribution in [2.75, 3.05) is 20.3 Å². The van der Waals surface area contributed by atoms with Crippen LogP contribution in [0.3, 0.4) is 0 Å². The van der Waals surface area contributed by atoms with E-state index < -0.39 is 0 Å². The smallest absolute Gasteiger partial charge is 0.334 e. The van der Waals surface area contributed by atoms with Gasteiger partial charge in [0.25, 0.3) is 0 Å². The highest BCUT2D eigenvalue weighted by Gasteiger charge is 2.51. The summed E-state index contributed by atoms with van der Waals surface area (Å²) >= 11 is 2.15. The molecule has 0 saturated carbocycles. The zero-order valence-corrected chi connectivity index (χ0v) is 20.8. The van der Waals surface area contributed by atoms with Crippen LogP contribution in [0.4, 0.5) is 0 Å². The van der Waals surface area contributed by atoms with Crippen LogP contribution in [0.15, 0.2) is 23.3 Å². The van der Waals surface area contributed by atoms with E-state index in [1.165, 1.54) is 0 Å². The minimum atomic E-state index is -0.221. The quantitative estimate of drug-likeness (QED) is 0.175. The number of hydrogen-bond donors (Lipinski definition) is 0. The molecule has 4 rings (SSSR count). The van der Waals surface area contributed by atoms with Gasteiger partial charge in [-0.2, -0.15) is 0 Å². The number of halogens is 1. The molecule has 1 aliphatic heterocycles. The van der Waals surface area contributed by atoms with Gasteiger partial charge in [0.05, 0.1) is 24.7 Å². The summed E-state index contributed by atoms with van der Waals surface area (Å²) in [6.07, 6.45) is 1.86. The van der Waals surface area contributed by atoms with Crippen molar-refractivity contribution in [3.63, 3.8) is 0 Å². The van der Waals surface area contributed by atoms with E-state index in [1.807, 2.05) is 26.0 Å². The highest BCUT2D eigenvalue weighted by Crippen LogP contribution is 2.54. The van der Waals surface area contributed by atoms with E-state index >= 15 is 0 Å². The lowest BCUT2D eigenvalue weighted by Crippen LogP contribution is -2.43. The second kappa shape index (κ2) is 9.80. The monoisotopic (exact) mass is 540 g/mol. The lowest BCUT2D eigenvalue weighted by Gasteiger charge is -2.46. The van der Waals surface area contributed by atoms with Crippen molar-refractivity contribution in [2.45, 2.75) is 45.4 Å². The molecule has 0 radical (unpaired) electrons. The first-order valence-electron chi connectivity index (χ1n) is 10.1. The highest BCUT2D eigenvalue weighted by atomic mass is 127. The summed E-state index contributed by atoms with van der Waals surface area (Å²) < 4.78 is 16.2. The normalized spacial score (nSPS) is 24.2. The number of Topliss-reactive ketones (excluding diaryl/α,β-unsaturated/α-hetero) is 1. The third-order valence-electron chi connectivity index (χ3n) is 6.14. The first-order valence-corrected chi connectivity index (χ1v) is 14.1. The number of ether oxygens (including phenoxy) is 2. The molecule has 1 aromatic carbocycles. The Bertz CT molecular complexity index is 958. The predicted octanol–water partition coefficient (Wildman–Crippen LogP) is 5.14. The Morgan fingerprint density at radius 2 is 2.10 bits per heavy atom. The van der Waals surface area contributed by atoms with E-state index in [0.717, 1.165) is 23.1 Å². The molecule has 0 fully saturated rings. The number of ketones is 1. The fraction of sp³-hybridized carbons (Fsp3) is 0.478. The van der Waals surface area contributed by atoms with E-state index in [2.05, 4.69) is 40.8 Å². The van der Waals surface area contributed by atoms with Gasteiger partial charge in [-0.15, -0.1) is 0 Å². The summed E-state index contributed by atoms with van der Waals surface area (Å²) in [6.45, 7) is 7.21. The molecule has 0 aromatic heterocycles. The van der Waals surface area contributed by atoms with E-state index in [1.54, 1.807) is 7.11 Å². The van der Waals surface area contributed by atoms with Gasteiger partial charge in [0.2, 0.25) is 0 Å². The van der Waals surface area contributed by atoms with Gasteiger partial charge in [0.1, 0.15) is 19.0 Å². The van der Waals surface area contributed by atoms with E-state index in [9.17, 15) is 9.59 Å². The van der Waals surface area contributed by atoms with Gasteiger partial charge in [-0.25, -0.2) is 4.79 Å². The van der Waals surface area contributed by atoms with Gasteiger partial charge in [-0.1, -0.05) is 38.7 Å². The molecule has 1 heterocycles. The number of carbonyl (C=O) groups is 2. The Kier molecular flexibility index (Phi) is 7.60. The number of esters is 1. The molecule has 1 aromatic rings. The van der Waals surface area contributed by atoms with Crippen molar-refractivity contribution in [1.29, 1.82) is 0 Å². The Balaban J connectivity index is 0.00000124. The molecule has 7 heteroatoms. The van der Waals surface area contributed by atoms with E-state index in [4.69, 9.17) is 14.0 Å². The molecule has 0 amide bonds. The van der Waals surface area contributed by atoms with Gasteiger partial charge >= 0.3 is 5.97 Å². The number of methoxy groups -OCH3 is 1. The molecule has 5 nitrogen and oxygen atoms in total. The highest BCUT2D eigenvalue weighted by molar-refractivity contribution is 14.2. The van der Waals surface area contributed by atoms with Crippen LogP contribution < -0.4 is 4.74 Å². The number of cyclic esters (lactones) is 1. The Morgan fingerprint density at radius 1 is 1.33 bits per heavy atom. The molecule has 3 unspecified atom stereocenters. The van der Waals surface area contributed by atoms with Crippen LogP contribution in [0, 0.1) is 17.8 Å². The topological polar surface area (TPSA) is 61.8 Å². The molecular weight excluding hydrogens is 514 g/mol. The standard InChI is InChI=1S/C21H20IO5P.C2H6/c1-21-8-7-13-14(11-26-20(13)24)16(21)10-17(23)18-15(21)6-5-12(19(18)25-2)4-3-9-27-28-22;1-2/h5-6,16,28H,7-11H2,1-2H3;1-2H3. The molecule has 0 spiro atoms. The van der Waals surface area contributed by atoms with Crippen molar-refractivity contribution in [3.05, 3.63) is 40.0 Å². The minimum Gasteiger partial charge on any atom is -0.495 e. The zero-order chi connectivity index (χ0) is 21.9. The average Bonchev–Trinajstić information content (AvgIpc) is 3.14. The van der Waals surface area contributed by atoms with Crippen LogP contribution in [0.2, 0.25) is 0 Å². The van der Waals surface area contributed by atoms with Crippen LogP contribution in [0.5, 0.6) is 5.75 Å². The van der Waals surface area contributed by atoms with Crippen molar-refractivity contribution >= 4 is 40.2 Å². The third kappa shape index (κ3) is 3.92. The maximum atomic E-state index is 13.2. The molecule has 30 heavy (non-hydrogen) atoms. The van der Waals surface area contributed by atoms with Gasteiger partial charge < -0.3 is 14.0 Å². The van der Waals surface area contributed by atoms with Crippen LogP contribution in [0.25, 0.3) is 0 Å². The Hall–Kier alpha value is -1.42. The summed E-state index contributed by atoms with van der Waals surface area (Å²) in [5.41, 5.74) is 3.90. The van der Waals surface area contributed by atoms with Crippen molar-refractivity contribution in [2.24, 2.45) is 5.92 Å². The summed E-state index contributed by atoms with van der Waals surface area (Å²) in [7, 11) is 1.58.